The minimum absolute atomic E-state index is 0. The van der Waals surface area contributed by atoms with Crippen molar-refractivity contribution in [1.29, 1.82) is 0 Å². The molecule has 2 aromatic heterocycles. The molecule has 2 aliphatic heterocycles. The van der Waals surface area contributed by atoms with Crippen LogP contribution in [0.1, 0.15) is 12.8 Å². The molecule has 19 heavy (non-hydrogen) atoms. The summed E-state index contributed by atoms with van der Waals surface area (Å²) in [4.78, 5) is 6.88. The van der Waals surface area contributed by atoms with E-state index in [2.05, 4.69) is 42.3 Å². The number of piperazine rings is 1. The lowest BCUT2D eigenvalue weighted by molar-refractivity contribution is 0.463. The van der Waals surface area contributed by atoms with Gasteiger partial charge in [-0.2, -0.15) is 5.10 Å². The Balaban J connectivity index is 0.00000110. The minimum atomic E-state index is 0. The molecule has 2 atom stereocenters. The van der Waals surface area contributed by atoms with E-state index in [1.807, 2.05) is 10.7 Å². The highest BCUT2D eigenvalue weighted by Gasteiger charge is 2.33. The summed E-state index contributed by atoms with van der Waals surface area (Å²) < 4.78 is 2.93. The Kier molecular flexibility index (Phi) is 3.41. The molecule has 0 spiro atoms. The molecule has 2 aromatic rings. The molecular formula is C12H15BrClN5. The fraction of sp³-hybridized carbons (Fsp3) is 0.500. The molecule has 4 heterocycles. The van der Waals surface area contributed by atoms with Crippen molar-refractivity contribution in [1.82, 2.24) is 19.9 Å². The number of halogens is 2. The second-order valence-corrected chi connectivity index (χ2v) is 6.03. The molecular weight excluding hydrogens is 330 g/mol. The quantitative estimate of drug-likeness (QED) is 0.858. The molecule has 102 valence electrons. The van der Waals surface area contributed by atoms with Crippen molar-refractivity contribution in [3.05, 3.63) is 23.1 Å². The smallest absolute Gasteiger partial charge is 0.156 e. The fourth-order valence-corrected chi connectivity index (χ4v) is 3.51. The van der Waals surface area contributed by atoms with Crippen molar-refractivity contribution in [2.24, 2.45) is 0 Å². The van der Waals surface area contributed by atoms with Crippen molar-refractivity contribution in [2.45, 2.75) is 24.9 Å². The van der Waals surface area contributed by atoms with E-state index in [1.54, 1.807) is 6.33 Å². The largest absolute Gasteiger partial charge is 0.352 e. The minimum Gasteiger partial charge on any atom is -0.352 e. The standard InChI is InChI=1S/C12H14BrN5.ClH/c13-8-3-11-12(14-7-15-18(11)4-8)17-5-9-1-2-10(6-17)16-9;/h3-4,7,9-10,16H,1-2,5-6H2;1H. The zero-order valence-electron chi connectivity index (χ0n) is 10.3. The normalized spacial score (nSPS) is 25.6. The van der Waals surface area contributed by atoms with Gasteiger partial charge in [-0.1, -0.05) is 0 Å². The van der Waals surface area contributed by atoms with Gasteiger partial charge in [-0.15, -0.1) is 12.4 Å². The van der Waals surface area contributed by atoms with Crippen LogP contribution < -0.4 is 10.2 Å². The Bertz CT molecular complexity index is 589. The van der Waals surface area contributed by atoms with Gasteiger partial charge in [-0.05, 0) is 34.8 Å². The third-order valence-electron chi connectivity index (χ3n) is 3.87. The van der Waals surface area contributed by atoms with Gasteiger partial charge < -0.3 is 10.2 Å². The average molecular weight is 345 g/mol. The molecule has 7 heteroatoms. The molecule has 0 radical (unpaired) electrons. The van der Waals surface area contributed by atoms with Gasteiger partial charge in [0.05, 0.1) is 0 Å². The van der Waals surface area contributed by atoms with Crippen LogP contribution in [0, 0.1) is 0 Å². The molecule has 2 bridgehead atoms. The lowest BCUT2D eigenvalue weighted by Gasteiger charge is -2.33. The molecule has 5 nitrogen and oxygen atoms in total. The summed E-state index contributed by atoms with van der Waals surface area (Å²) in [5.41, 5.74) is 1.07. The van der Waals surface area contributed by atoms with Crippen LogP contribution in [0.5, 0.6) is 0 Å². The number of anilines is 1. The third-order valence-corrected chi connectivity index (χ3v) is 4.30. The van der Waals surface area contributed by atoms with Gasteiger partial charge in [0.1, 0.15) is 11.8 Å². The Labute approximate surface area is 125 Å². The molecule has 1 N–H and O–H groups in total. The van der Waals surface area contributed by atoms with Crippen LogP contribution in [0.3, 0.4) is 0 Å². The van der Waals surface area contributed by atoms with E-state index in [0.717, 1.165) is 28.9 Å². The zero-order chi connectivity index (χ0) is 12.1. The van der Waals surface area contributed by atoms with Crippen LogP contribution in [-0.4, -0.2) is 39.8 Å². The molecule has 0 aliphatic carbocycles. The predicted molar refractivity (Wildman–Crippen MR) is 80.1 cm³/mol. The van der Waals surface area contributed by atoms with Crippen molar-refractivity contribution in [2.75, 3.05) is 18.0 Å². The maximum absolute atomic E-state index is 4.49. The summed E-state index contributed by atoms with van der Waals surface area (Å²) in [6.07, 6.45) is 6.18. The lowest BCUT2D eigenvalue weighted by Crippen LogP contribution is -2.51. The Morgan fingerprint density at radius 1 is 1.26 bits per heavy atom. The van der Waals surface area contributed by atoms with Gasteiger partial charge in [0.15, 0.2) is 5.82 Å². The number of aromatic nitrogens is 3. The van der Waals surface area contributed by atoms with Crippen molar-refractivity contribution < 1.29 is 0 Å². The van der Waals surface area contributed by atoms with E-state index >= 15 is 0 Å². The number of nitrogens with zero attached hydrogens (tertiary/aromatic N) is 4. The molecule has 0 saturated carbocycles. The molecule has 2 saturated heterocycles. The van der Waals surface area contributed by atoms with Gasteiger partial charge in [-0.3, -0.25) is 0 Å². The first kappa shape index (κ1) is 13.1. The molecule has 2 fully saturated rings. The molecule has 0 aromatic carbocycles. The summed E-state index contributed by atoms with van der Waals surface area (Å²) in [7, 11) is 0. The van der Waals surface area contributed by atoms with E-state index < -0.39 is 0 Å². The summed E-state index contributed by atoms with van der Waals surface area (Å²) in [6.45, 7) is 2.10. The first-order valence-electron chi connectivity index (χ1n) is 6.29. The number of hydrogen-bond acceptors (Lipinski definition) is 4. The van der Waals surface area contributed by atoms with Gasteiger partial charge in [0.2, 0.25) is 0 Å². The van der Waals surface area contributed by atoms with Crippen molar-refractivity contribution in [3.8, 4) is 0 Å². The number of rotatable bonds is 1. The fourth-order valence-electron chi connectivity index (χ4n) is 3.10. The van der Waals surface area contributed by atoms with E-state index in [-0.39, 0.29) is 12.4 Å². The van der Waals surface area contributed by atoms with Crippen molar-refractivity contribution in [3.63, 3.8) is 0 Å². The second kappa shape index (κ2) is 4.92. The van der Waals surface area contributed by atoms with Crippen molar-refractivity contribution >= 4 is 39.7 Å². The highest BCUT2D eigenvalue weighted by molar-refractivity contribution is 9.10. The van der Waals surface area contributed by atoms with Gasteiger partial charge in [0.25, 0.3) is 0 Å². The summed E-state index contributed by atoms with van der Waals surface area (Å²) in [5.74, 6) is 1.05. The lowest BCUT2D eigenvalue weighted by atomic mass is 10.2. The second-order valence-electron chi connectivity index (χ2n) is 5.11. The van der Waals surface area contributed by atoms with Crippen LogP contribution in [0.4, 0.5) is 5.82 Å². The third kappa shape index (κ3) is 2.22. The Morgan fingerprint density at radius 2 is 2.00 bits per heavy atom. The van der Waals surface area contributed by atoms with E-state index in [9.17, 15) is 0 Å². The van der Waals surface area contributed by atoms with E-state index in [4.69, 9.17) is 0 Å². The van der Waals surface area contributed by atoms with Crippen LogP contribution in [0.2, 0.25) is 0 Å². The Morgan fingerprint density at radius 3 is 2.74 bits per heavy atom. The maximum atomic E-state index is 4.49. The van der Waals surface area contributed by atoms with Gasteiger partial charge in [-0.25, -0.2) is 9.50 Å². The predicted octanol–water partition coefficient (Wildman–Crippen LogP) is 1.85. The molecule has 2 aliphatic rings. The number of fused-ring (bicyclic) bond motifs is 3. The van der Waals surface area contributed by atoms with Gasteiger partial charge in [0, 0.05) is 35.8 Å². The maximum Gasteiger partial charge on any atom is 0.156 e. The van der Waals surface area contributed by atoms with E-state index in [1.165, 1.54) is 12.8 Å². The highest BCUT2D eigenvalue weighted by atomic mass is 79.9. The molecule has 0 amide bonds. The number of nitrogens with one attached hydrogen (secondary N) is 1. The van der Waals surface area contributed by atoms with Gasteiger partial charge >= 0.3 is 0 Å². The average Bonchev–Trinajstić information content (AvgIpc) is 2.90. The first-order chi connectivity index (χ1) is 8.79. The van der Waals surface area contributed by atoms with Crippen LogP contribution >= 0.6 is 28.3 Å². The SMILES string of the molecule is Brc1cc2c(N3CC4CCC(C3)N4)ncnn2c1.Cl. The number of hydrogen-bond donors (Lipinski definition) is 1. The molecule has 2 unspecified atom stereocenters. The van der Waals surface area contributed by atoms with Crippen LogP contribution in [0.25, 0.3) is 5.52 Å². The first-order valence-corrected chi connectivity index (χ1v) is 7.09. The zero-order valence-corrected chi connectivity index (χ0v) is 12.7. The summed E-state index contributed by atoms with van der Waals surface area (Å²) >= 11 is 3.50. The van der Waals surface area contributed by atoms with E-state index in [0.29, 0.717) is 12.1 Å². The highest BCUT2D eigenvalue weighted by Crippen LogP contribution is 2.28. The summed E-state index contributed by atoms with van der Waals surface area (Å²) in [6, 6.07) is 3.33. The van der Waals surface area contributed by atoms with Crippen LogP contribution in [0.15, 0.2) is 23.1 Å². The van der Waals surface area contributed by atoms with Crippen LogP contribution in [-0.2, 0) is 0 Å². The monoisotopic (exact) mass is 343 g/mol. The molecule has 4 rings (SSSR count). The Hall–Kier alpha value is -0.850. The summed E-state index contributed by atoms with van der Waals surface area (Å²) in [5, 5.41) is 7.89. The topological polar surface area (TPSA) is 45.5 Å².